The van der Waals surface area contributed by atoms with Gasteiger partial charge in [-0.2, -0.15) is 0 Å². The largest absolute Gasteiger partial charge is 0.494 e. The minimum atomic E-state index is -0.173. The molecular formula is C16H27NO2. The number of aliphatic hydroxyl groups is 1. The third-order valence-electron chi connectivity index (χ3n) is 3.34. The number of nitrogens with one attached hydrogen (secondary N) is 1. The molecule has 0 aliphatic heterocycles. The molecular weight excluding hydrogens is 238 g/mol. The maximum atomic E-state index is 9.27. The van der Waals surface area contributed by atoms with E-state index in [1.807, 2.05) is 12.1 Å². The summed E-state index contributed by atoms with van der Waals surface area (Å²) in [6, 6.07) is 8.19. The molecule has 19 heavy (non-hydrogen) atoms. The summed E-state index contributed by atoms with van der Waals surface area (Å²) in [4.78, 5) is 0. The summed E-state index contributed by atoms with van der Waals surface area (Å²) in [6.07, 6.45) is 2.81. The standard InChI is InChI=1S/C16H27NO2/c1-4-11-17-16(3,10-12-18)14-6-8-15(9-7-14)19-13-5-2/h6-9,17-18H,4-5,10-13H2,1-3H3. The van der Waals surface area contributed by atoms with Crippen molar-refractivity contribution in [3.05, 3.63) is 29.8 Å². The van der Waals surface area contributed by atoms with Crippen LogP contribution in [0.1, 0.15) is 45.6 Å². The van der Waals surface area contributed by atoms with Crippen molar-refractivity contribution in [3.63, 3.8) is 0 Å². The van der Waals surface area contributed by atoms with Crippen LogP contribution in [-0.4, -0.2) is 24.9 Å². The highest BCUT2D eigenvalue weighted by molar-refractivity contribution is 5.31. The van der Waals surface area contributed by atoms with Gasteiger partial charge in [0, 0.05) is 12.1 Å². The van der Waals surface area contributed by atoms with E-state index >= 15 is 0 Å². The smallest absolute Gasteiger partial charge is 0.119 e. The zero-order chi connectivity index (χ0) is 14.1. The lowest BCUT2D eigenvalue weighted by Gasteiger charge is -2.31. The van der Waals surface area contributed by atoms with E-state index in [4.69, 9.17) is 4.74 Å². The number of benzene rings is 1. The van der Waals surface area contributed by atoms with Crippen molar-refractivity contribution in [1.82, 2.24) is 5.32 Å². The Morgan fingerprint density at radius 2 is 1.84 bits per heavy atom. The molecule has 0 heterocycles. The first kappa shape index (κ1) is 16.0. The molecule has 0 radical (unpaired) electrons. The van der Waals surface area contributed by atoms with Gasteiger partial charge in [0.2, 0.25) is 0 Å². The Morgan fingerprint density at radius 3 is 2.37 bits per heavy atom. The lowest BCUT2D eigenvalue weighted by atomic mass is 9.88. The zero-order valence-corrected chi connectivity index (χ0v) is 12.4. The number of aliphatic hydroxyl groups excluding tert-OH is 1. The number of hydrogen-bond donors (Lipinski definition) is 2. The van der Waals surface area contributed by atoms with Crippen LogP contribution in [0.3, 0.4) is 0 Å². The van der Waals surface area contributed by atoms with Crippen molar-refractivity contribution in [1.29, 1.82) is 0 Å². The molecule has 0 aromatic heterocycles. The second kappa shape index (κ2) is 8.18. The molecule has 1 unspecified atom stereocenters. The maximum absolute atomic E-state index is 9.27. The lowest BCUT2D eigenvalue weighted by molar-refractivity contribution is 0.221. The molecule has 2 N–H and O–H groups in total. The van der Waals surface area contributed by atoms with E-state index < -0.39 is 0 Å². The van der Waals surface area contributed by atoms with E-state index in [0.29, 0.717) is 6.42 Å². The van der Waals surface area contributed by atoms with E-state index in [0.717, 1.165) is 31.7 Å². The summed E-state index contributed by atoms with van der Waals surface area (Å²) >= 11 is 0. The maximum Gasteiger partial charge on any atom is 0.119 e. The molecule has 0 saturated carbocycles. The van der Waals surface area contributed by atoms with Crippen LogP contribution in [0, 0.1) is 0 Å². The topological polar surface area (TPSA) is 41.5 Å². The fourth-order valence-corrected chi connectivity index (χ4v) is 2.10. The normalized spacial score (nSPS) is 14.1. The molecule has 0 aliphatic rings. The van der Waals surface area contributed by atoms with Crippen LogP contribution in [0.25, 0.3) is 0 Å². The highest BCUT2D eigenvalue weighted by Crippen LogP contribution is 2.26. The second-order valence-electron chi connectivity index (χ2n) is 5.11. The predicted octanol–water partition coefficient (Wildman–Crippen LogP) is 3.07. The molecule has 0 aliphatic carbocycles. The van der Waals surface area contributed by atoms with Gasteiger partial charge in [-0.05, 0) is 50.4 Å². The SMILES string of the molecule is CCCNC(C)(CCO)c1ccc(OCCC)cc1. The first-order valence-corrected chi connectivity index (χ1v) is 7.25. The highest BCUT2D eigenvalue weighted by Gasteiger charge is 2.24. The van der Waals surface area contributed by atoms with Gasteiger partial charge in [0.05, 0.1) is 6.61 Å². The average molecular weight is 265 g/mol. The lowest BCUT2D eigenvalue weighted by Crippen LogP contribution is -2.40. The fourth-order valence-electron chi connectivity index (χ4n) is 2.10. The van der Waals surface area contributed by atoms with Crippen molar-refractivity contribution >= 4 is 0 Å². The van der Waals surface area contributed by atoms with Gasteiger partial charge in [0.25, 0.3) is 0 Å². The number of hydrogen-bond acceptors (Lipinski definition) is 3. The van der Waals surface area contributed by atoms with Gasteiger partial charge in [0.15, 0.2) is 0 Å². The van der Waals surface area contributed by atoms with Crippen molar-refractivity contribution in [2.45, 2.75) is 45.6 Å². The molecule has 0 fully saturated rings. The van der Waals surface area contributed by atoms with Crippen LogP contribution in [-0.2, 0) is 5.54 Å². The molecule has 0 amide bonds. The summed E-state index contributed by atoms with van der Waals surface area (Å²) < 4.78 is 5.59. The molecule has 1 atom stereocenters. The molecule has 0 spiro atoms. The Kier molecular flexibility index (Phi) is 6.89. The van der Waals surface area contributed by atoms with Gasteiger partial charge in [-0.1, -0.05) is 26.0 Å². The van der Waals surface area contributed by atoms with Crippen LogP contribution in [0.2, 0.25) is 0 Å². The number of ether oxygens (including phenoxy) is 1. The minimum absolute atomic E-state index is 0.173. The van der Waals surface area contributed by atoms with Gasteiger partial charge in [-0.15, -0.1) is 0 Å². The van der Waals surface area contributed by atoms with Gasteiger partial charge in [-0.3, -0.25) is 0 Å². The van der Waals surface area contributed by atoms with Crippen molar-refractivity contribution in [3.8, 4) is 5.75 Å². The molecule has 0 bridgehead atoms. The summed E-state index contributed by atoms with van der Waals surface area (Å²) in [6.45, 7) is 8.27. The summed E-state index contributed by atoms with van der Waals surface area (Å²) in [7, 11) is 0. The number of rotatable bonds is 9. The Balaban J connectivity index is 2.78. The summed E-state index contributed by atoms with van der Waals surface area (Å²) in [5, 5.41) is 12.8. The first-order valence-electron chi connectivity index (χ1n) is 7.25. The van der Waals surface area contributed by atoms with Gasteiger partial charge < -0.3 is 15.2 Å². The fraction of sp³-hybridized carbons (Fsp3) is 0.625. The Bertz CT molecular complexity index is 350. The Morgan fingerprint density at radius 1 is 1.16 bits per heavy atom. The summed E-state index contributed by atoms with van der Waals surface area (Å²) in [5.41, 5.74) is 1.02. The molecule has 3 nitrogen and oxygen atoms in total. The minimum Gasteiger partial charge on any atom is -0.494 e. The third-order valence-corrected chi connectivity index (χ3v) is 3.34. The molecule has 1 rings (SSSR count). The van der Waals surface area contributed by atoms with Gasteiger partial charge in [0.1, 0.15) is 5.75 Å². The van der Waals surface area contributed by atoms with E-state index in [-0.39, 0.29) is 12.1 Å². The van der Waals surface area contributed by atoms with Crippen molar-refractivity contribution in [2.75, 3.05) is 19.8 Å². The summed E-state index contributed by atoms with van der Waals surface area (Å²) in [5.74, 6) is 0.910. The van der Waals surface area contributed by atoms with E-state index in [1.165, 1.54) is 5.56 Å². The quantitative estimate of drug-likeness (QED) is 0.721. The third kappa shape index (κ3) is 4.84. The van der Waals surface area contributed by atoms with Gasteiger partial charge in [-0.25, -0.2) is 0 Å². The van der Waals surface area contributed by atoms with Crippen molar-refractivity contribution < 1.29 is 9.84 Å². The average Bonchev–Trinajstić information content (AvgIpc) is 2.44. The second-order valence-corrected chi connectivity index (χ2v) is 5.11. The van der Waals surface area contributed by atoms with Crippen LogP contribution >= 0.6 is 0 Å². The Labute approximate surface area is 117 Å². The van der Waals surface area contributed by atoms with Crippen LogP contribution in [0.4, 0.5) is 0 Å². The molecule has 0 saturated heterocycles. The van der Waals surface area contributed by atoms with Crippen LogP contribution in [0.15, 0.2) is 24.3 Å². The van der Waals surface area contributed by atoms with E-state index in [1.54, 1.807) is 0 Å². The van der Waals surface area contributed by atoms with Crippen LogP contribution < -0.4 is 10.1 Å². The zero-order valence-electron chi connectivity index (χ0n) is 12.4. The molecule has 3 heteroatoms. The first-order chi connectivity index (χ1) is 9.16. The molecule has 1 aromatic rings. The van der Waals surface area contributed by atoms with Gasteiger partial charge >= 0.3 is 0 Å². The monoisotopic (exact) mass is 265 g/mol. The van der Waals surface area contributed by atoms with Crippen molar-refractivity contribution in [2.24, 2.45) is 0 Å². The Hall–Kier alpha value is -1.06. The molecule has 108 valence electrons. The highest BCUT2D eigenvalue weighted by atomic mass is 16.5. The van der Waals surface area contributed by atoms with E-state index in [2.05, 4.69) is 38.2 Å². The molecule has 1 aromatic carbocycles. The van der Waals surface area contributed by atoms with E-state index in [9.17, 15) is 5.11 Å². The van der Waals surface area contributed by atoms with Crippen LogP contribution in [0.5, 0.6) is 5.75 Å². The predicted molar refractivity (Wildman–Crippen MR) is 79.6 cm³/mol.